The van der Waals surface area contributed by atoms with Crippen LogP contribution in [0.2, 0.25) is 0 Å². The lowest BCUT2D eigenvalue weighted by Crippen LogP contribution is -2.46. The Balaban J connectivity index is 1.48. The van der Waals surface area contributed by atoms with E-state index in [1.807, 2.05) is 0 Å². The normalized spacial score (nSPS) is 21.0. The molecule has 0 heterocycles. The van der Waals surface area contributed by atoms with Crippen LogP contribution in [0.5, 0.6) is 0 Å². The summed E-state index contributed by atoms with van der Waals surface area (Å²) in [5.41, 5.74) is 8.85. The lowest BCUT2D eigenvalue weighted by molar-refractivity contribution is -0.123. The summed E-state index contributed by atoms with van der Waals surface area (Å²) in [7, 11) is 0. The van der Waals surface area contributed by atoms with Crippen LogP contribution in [0, 0.1) is 5.92 Å². The Hall–Kier alpha value is -1.35. The van der Waals surface area contributed by atoms with Gasteiger partial charge in [-0.2, -0.15) is 0 Å². The van der Waals surface area contributed by atoms with Crippen molar-refractivity contribution in [3.8, 4) is 0 Å². The highest BCUT2D eigenvalue weighted by Gasteiger charge is 2.26. The van der Waals surface area contributed by atoms with Crippen molar-refractivity contribution >= 4 is 5.91 Å². The van der Waals surface area contributed by atoms with E-state index >= 15 is 0 Å². The van der Waals surface area contributed by atoms with E-state index in [9.17, 15) is 4.79 Å². The van der Waals surface area contributed by atoms with Crippen molar-refractivity contribution in [2.75, 3.05) is 0 Å². The molecule has 0 aliphatic heterocycles. The summed E-state index contributed by atoms with van der Waals surface area (Å²) < 4.78 is 0. The summed E-state index contributed by atoms with van der Waals surface area (Å²) in [6.45, 7) is 0. The number of carbonyl (C=O) groups excluding carboxylic acids is 1. The van der Waals surface area contributed by atoms with Crippen LogP contribution in [0.15, 0.2) is 24.3 Å². The summed E-state index contributed by atoms with van der Waals surface area (Å²) in [4.78, 5) is 12.3. The van der Waals surface area contributed by atoms with E-state index in [4.69, 9.17) is 5.73 Å². The summed E-state index contributed by atoms with van der Waals surface area (Å²) in [6.07, 6.45) is 9.18. The maximum absolute atomic E-state index is 12.3. The standard InChI is InChI=1S/C18H26N2O/c19-17(10-13-6-2-1-3-7-13)18(21)20-16-11-14-8-4-5-9-15(14)12-16/h4-5,8-9,13,16-17H,1-3,6-7,10-12,19H2,(H,20,21). The minimum absolute atomic E-state index is 0.0402. The number of amides is 1. The van der Waals surface area contributed by atoms with Gasteiger partial charge in [0.1, 0.15) is 0 Å². The van der Waals surface area contributed by atoms with Gasteiger partial charge in [-0.05, 0) is 36.3 Å². The second-order valence-corrected chi connectivity index (χ2v) is 6.73. The maximum atomic E-state index is 12.3. The zero-order valence-electron chi connectivity index (χ0n) is 12.7. The summed E-state index contributed by atoms with van der Waals surface area (Å²) >= 11 is 0. The molecule has 0 aromatic heterocycles. The molecule has 3 nitrogen and oxygen atoms in total. The quantitative estimate of drug-likeness (QED) is 0.894. The molecule has 1 unspecified atom stereocenters. The Morgan fingerprint density at radius 1 is 1.14 bits per heavy atom. The van der Waals surface area contributed by atoms with Crippen molar-refractivity contribution in [3.05, 3.63) is 35.4 Å². The van der Waals surface area contributed by atoms with Gasteiger partial charge in [0, 0.05) is 6.04 Å². The fourth-order valence-corrected chi connectivity index (χ4v) is 3.86. The van der Waals surface area contributed by atoms with Crippen LogP contribution in [-0.2, 0) is 17.6 Å². The van der Waals surface area contributed by atoms with Crippen LogP contribution in [-0.4, -0.2) is 18.0 Å². The predicted octanol–water partition coefficient (Wildman–Crippen LogP) is 2.57. The van der Waals surface area contributed by atoms with Crippen LogP contribution in [0.1, 0.15) is 49.7 Å². The molecule has 1 fully saturated rings. The molecule has 2 aliphatic carbocycles. The van der Waals surface area contributed by atoms with Crippen molar-refractivity contribution < 1.29 is 4.79 Å². The summed E-state index contributed by atoms with van der Waals surface area (Å²) in [6, 6.07) is 8.34. The molecule has 1 aromatic carbocycles. The monoisotopic (exact) mass is 286 g/mol. The van der Waals surface area contributed by atoms with Crippen molar-refractivity contribution in [1.29, 1.82) is 0 Å². The van der Waals surface area contributed by atoms with Gasteiger partial charge >= 0.3 is 0 Å². The van der Waals surface area contributed by atoms with Gasteiger partial charge in [-0.3, -0.25) is 4.79 Å². The van der Waals surface area contributed by atoms with Gasteiger partial charge in [-0.15, -0.1) is 0 Å². The zero-order valence-corrected chi connectivity index (χ0v) is 12.7. The minimum Gasteiger partial charge on any atom is -0.351 e. The Bertz CT molecular complexity index is 469. The lowest BCUT2D eigenvalue weighted by atomic mass is 9.85. The third-order valence-electron chi connectivity index (χ3n) is 5.05. The van der Waals surface area contributed by atoms with Gasteiger partial charge in [-0.1, -0.05) is 56.4 Å². The van der Waals surface area contributed by atoms with Gasteiger partial charge in [0.2, 0.25) is 5.91 Å². The second kappa shape index (κ2) is 6.61. The average molecular weight is 286 g/mol. The highest BCUT2D eigenvalue weighted by Crippen LogP contribution is 2.27. The molecule has 2 aliphatic rings. The molecule has 21 heavy (non-hydrogen) atoms. The smallest absolute Gasteiger partial charge is 0.237 e. The Labute approximate surface area is 127 Å². The third kappa shape index (κ3) is 3.65. The van der Waals surface area contributed by atoms with Crippen LogP contribution in [0.4, 0.5) is 0 Å². The van der Waals surface area contributed by atoms with Crippen LogP contribution in [0.3, 0.4) is 0 Å². The number of fused-ring (bicyclic) bond motifs is 1. The van der Waals surface area contributed by atoms with Crippen LogP contribution in [0.25, 0.3) is 0 Å². The molecule has 1 amide bonds. The minimum atomic E-state index is -0.336. The van der Waals surface area contributed by atoms with Gasteiger partial charge in [0.05, 0.1) is 6.04 Å². The van der Waals surface area contributed by atoms with Gasteiger partial charge in [0.25, 0.3) is 0 Å². The molecule has 3 N–H and O–H groups in total. The largest absolute Gasteiger partial charge is 0.351 e. The first kappa shape index (κ1) is 14.6. The van der Waals surface area contributed by atoms with E-state index < -0.39 is 0 Å². The highest BCUT2D eigenvalue weighted by molar-refractivity contribution is 5.81. The van der Waals surface area contributed by atoms with E-state index in [0.29, 0.717) is 5.92 Å². The molecular weight excluding hydrogens is 260 g/mol. The van der Waals surface area contributed by atoms with Crippen LogP contribution < -0.4 is 11.1 Å². The molecule has 3 heteroatoms. The number of carbonyl (C=O) groups is 1. The van der Waals surface area contributed by atoms with Gasteiger partial charge in [0.15, 0.2) is 0 Å². The zero-order chi connectivity index (χ0) is 14.7. The average Bonchev–Trinajstić information content (AvgIpc) is 2.90. The van der Waals surface area contributed by atoms with Crippen molar-refractivity contribution in [1.82, 2.24) is 5.32 Å². The molecule has 1 aromatic rings. The molecule has 1 saturated carbocycles. The lowest BCUT2D eigenvalue weighted by Gasteiger charge is -2.25. The number of nitrogens with two attached hydrogens (primary N) is 1. The summed E-state index contributed by atoms with van der Waals surface area (Å²) in [5, 5.41) is 3.15. The highest BCUT2D eigenvalue weighted by atomic mass is 16.2. The molecule has 0 saturated heterocycles. The fourth-order valence-electron chi connectivity index (χ4n) is 3.86. The Morgan fingerprint density at radius 2 is 1.76 bits per heavy atom. The van der Waals surface area contributed by atoms with Gasteiger partial charge in [-0.25, -0.2) is 0 Å². The first-order valence-electron chi connectivity index (χ1n) is 8.35. The molecule has 114 valence electrons. The Kier molecular flexibility index (Phi) is 4.59. The van der Waals surface area contributed by atoms with Crippen LogP contribution >= 0.6 is 0 Å². The molecule has 0 bridgehead atoms. The third-order valence-corrected chi connectivity index (χ3v) is 5.05. The van der Waals surface area contributed by atoms with E-state index in [1.54, 1.807) is 0 Å². The number of rotatable bonds is 4. The number of hydrogen-bond donors (Lipinski definition) is 2. The topological polar surface area (TPSA) is 55.1 Å². The van der Waals surface area contributed by atoms with Crippen molar-refractivity contribution in [2.24, 2.45) is 11.7 Å². The maximum Gasteiger partial charge on any atom is 0.237 e. The number of hydrogen-bond acceptors (Lipinski definition) is 2. The molecule has 1 atom stereocenters. The van der Waals surface area contributed by atoms with E-state index in [-0.39, 0.29) is 18.0 Å². The Morgan fingerprint density at radius 3 is 2.38 bits per heavy atom. The molecule has 0 radical (unpaired) electrons. The molecular formula is C18H26N2O. The fraction of sp³-hybridized carbons (Fsp3) is 0.611. The number of benzene rings is 1. The van der Waals surface area contributed by atoms with E-state index in [1.165, 1.54) is 43.2 Å². The van der Waals surface area contributed by atoms with Crippen molar-refractivity contribution in [2.45, 2.75) is 63.5 Å². The SMILES string of the molecule is NC(CC1CCCCC1)C(=O)NC1Cc2ccccc2C1. The predicted molar refractivity (Wildman–Crippen MR) is 84.9 cm³/mol. The summed E-state index contributed by atoms with van der Waals surface area (Å²) in [5.74, 6) is 0.693. The van der Waals surface area contributed by atoms with E-state index in [2.05, 4.69) is 29.6 Å². The first-order valence-corrected chi connectivity index (χ1v) is 8.35. The molecule has 0 spiro atoms. The van der Waals surface area contributed by atoms with Gasteiger partial charge < -0.3 is 11.1 Å². The van der Waals surface area contributed by atoms with Crippen molar-refractivity contribution in [3.63, 3.8) is 0 Å². The van der Waals surface area contributed by atoms with E-state index in [0.717, 1.165) is 19.3 Å². The second-order valence-electron chi connectivity index (χ2n) is 6.73. The number of nitrogens with one attached hydrogen (secondary N) is 1. The first-order chi connectivity index (χ1) is 10.2. The molecule has 3 rings (SSSR count).